The van der Waals surface area contributed by atoms with Crippen molar-refractivity contribution in [3.05, 3.63) is 35.0 Å². The Bertz CT molecular complexity index is 719. The van der Waals surface area contributed by atoms with E-state index in [9.17, 15) is 0 Å². The molecule has 0 amide bonds. The van der Waals surface area contributed by atoms with Crippen LogP contribution in [0.1, 0.15) is 25.3 Å². The summed E-state index contributed by atoms with van der Waals surface area (Å²) in [6.07, 6.45) is 3.65. The van der Waals surface area contributed by atoms with E-state index in [-0.39, 0.29) is 5.54 Å². The molecule has 0 unspecified atom stereocenters. The van der Waals surface area contributed by atoms with E-state index in [1.54, 1.807) is 6.20 Å². The molecular formula is C17H22ClN5. The first-order valence-corrected chi connectivity index (χ1v) is 8.17. The van der Waals surface area contributed by atoms with Crippen molar-refractivity contribution in [2.45, 2.75) is 32.2 Å². The molecule has 1 aliphatic rings. The Morgan fingerprint density at radius 3 is 2.61 bits per heavy atom. The van der Waals surface area contributed by atoms with Crippen LogP contribution in [0.15, 0.2) is 24.4 Å². The van der Waals surface area contributed by atoms with Crippen LogP contribution in [-0.4, -0.2) is 28.6 Å². The highest BCUT2D eigenvalue weighted by Gasteiger charge is 2.27. The first-order valence-electron chi connectivity index (χ1n) is 7.79. The van der Waals surface area contributed by atoms with Crippen LogP contribution >= 0.6 is 11.6 Å². The van der Waals surface area contributed by atoms with Crippen LogP contribution in [0.2, 0.25) is 5.02 Å². The molecule has 0 bridgehead atoms. The summed E-state index contributed by atoms with van der Waals surface area (Å²) in [6, 6.07) is 5.71. The van der Waals surface area contributed by atoms with E-state index in [1.165, 1.54) is 0 Å². The minimum atomic E-state index is -0.0900. The van der Waals surface area contributed by atoms with Crippen LogP contribution in [-0.2, 0) is 0 Å². The fourth-order valence-corrected chi connectivity index (χ4v) is 3.04. The lowest BCUT2D eigenvalue weighted by Crippen LogP contribution is -2.48. The van der Waals surface area contributed by atoms with E-state index in [4.69, 9.17) is 23.1 Å². The van der Waals surface area contributed by atoms with Crippen LogP contribution in [0.3, 0.4) is 0 Å². The minimum Gasteiger partial charge on any atom is -0.382 e. The molecule has 23 heavy (non-hydrogen) atoms. The van der Waals surface area contributed by atoms with E-state index >= 15 is 0 Å². The van der Waals surface area contributed by atoms with Gasteiger partial charge in [0.25, 0.3) is 0 Å². The van der Waals surface area contributed by atoms with Gasteiger partial charge in [0, 0.05) is 29.2 Å². The van der Waals surface area contributed by atoms with Gasteiger partial charge in [-0.3, -0.25) is 0 Å². The van der Waals surface area contributed by atoms with Gasteiger partial charge >= 0.3 is 0 Å². The van der Waals surface area contributed by atoms with E-state index in [1.807, 2.05) is 25.1 Å². The third kappa shape index (κ3) is 3.26. The second kappa shape index (κ2) is 5.98. The Morgan fingerprint density at radius 1 is 1.26 bits per heavy atom. The summed E-state index contributed by atoms with van der Waals surface area (Å²) in [5.74, 6) is 1.23. The first-order chi connectivity index (χ1) is 10.9. The van der Waals surface area contributed by atoms with E-state index in [0.29, 0.717) is 16.5 Å². The number of anilines is 2. The molecule has 6 heteroatoms. The molecule has 4 N–H and O–H groups in total. The smallest absolute Gasteiger partial charge is 0.152 e. The van der Waals surface area contributed by atoms with Crippen molar-refractivity contribution in [3.63, 3.8) is 0 Å². The molecule has 0 aliphatic carbocycles. The molecule has 1 fully saturated rings. The summed E-state index contributed by atoms with van der Waals surface area (Å²) in [5, 5.41) is 0.700. The third-order valence-corrected chi connectivity index (χ3v) is 4.95. The summed E-state index contributed by atoms with van der Waals surface area (Å²) in [7, 11) is 0. The van der Waals surface area contributed by atoms with Gasteiger partial charge < -0.3 is 16.4 Å². The number of hydrogen-bond acceptors (Lipinski definition) is 5. The van der Waals surface area contributed by atoms with Gasteiger partial charge in [-0.25, -0.2) is 9.97 Å². The molecule has 122 valence electrons. The number of nitrogen functional groups attached to an aromatic ring is 1. The molecule has 1 saturated heterocycles. The standard InChI is InChI=1S/C17H22ClN5/c1-11-12(4-3-5-13(11)18)15-16(19)22-14(10-21-15)23-8-6-17(2,20)7-9-23/h3-5,10H,6-9,20H2,1-2H3,(H2,19,22). The van der Waals surface area contributed by atoms with Gasteiger partial charge in [-0.05, 0) is 38.3 Å². The maximum absolute atomic E-state index is 6.19. The predicted molar refractivity (Wildman–Crippen MR) is 95.7 cm³/mol. The van der Waals surface area contributed by atoms with Gasteiger partial charge in [-0.2, -0.15) is 0 Å². The van der Waals surface area contributed by atoms with Crippen molar-refractivity contribution < 1.29 is 0 Å². The fourth-order valence-electron chi connectivity index (χ4n) is 2.86. The zero-order chi connectivity index (χ0) is 16.6. The number of hydrogen-bond donors (Lipinski definition) is 2. The van der Waals surface area contributed by atoms with E-state index in [2.05, 4.69) is 21.8 Å². The van der Waals surface area contributed by atoms with Gasteiger partial charge in [-0.15, -0.1) is 0 Å². The van der Waals surface area contributed by atoms with Crippen molar-refractivity contribution in [3.8, 4) is 11.3 Å². The molecule has 1 aliphatic heterocycles. The van der Waals surface area contributed by atoms with Crippen LogP contribution < -0.4 is 16.4 Å². The summed E-state index contributed by atoms with van der Waals surface area (Å²) < 4.78 is 0. The molecule has 1 aromatic heterocycles. The number of rotatable bonds is 2. The highest BCUT2D eigenvalue weighted by Crippen LogP contribution is 2.31. The molecule has 0 atom stereocenters. The number of nitrogens with zero attached hydrogens (tertiary/aromatic N) is 3. The maximum atomic E-state index is 6.19. The maximum Gasteiger partial charge on any atom is 0.152 e. The van der Waals surface area contributed by atoms with Crippen LogP contribution in [0.25, 0.3) is 11.3 Å². The van der Waals surface area contributed by atoms with Crippen LogP contribution in [0.5, 0.6) is 0 Å². The van der Waals surface area contributed by atoms with Crippen molar-refractivity contribution in [2.75, 3.05) is 23.7 Å². The predicted octanol–water partition coefficient (Wildman–Crippen LogP) is 3.01. The monoisotopic (exact) mass is 331 g/mol. The lowest BCUT2D eigenvalue weighted by atomic mass is 9.91. The lowest BCUT2D eigenvalue weighted by Gasteiger charge is -2.37. The first kappa shape index (κ1) is 16.0. The summed E-state index contributed by atoms with van der Waals surface area (Å²) >= 11 is 6.19. The summed E-state index contributed by atoms with van der Waals surface area (Å²) in [4.78, 5) is 11.3. The average Bonchev–Trinajstić information content (AvgIpc) is 2.50. The molecular weight excluding hydrogens is 310 g/mol. The second-order valence-corrected chi connectivity index (χ2v) is 6.92. The lowest BCUT2D eigenvalue weighted by molar-refractivity contribution is 0.363. The number of aromatic nitrogens is 2. The number of nitrogens with two attached hydrogens (primary N) is 2. The normalized spacial score (nSPS) is 17.3. The third-order valence-electron chi connectivity index (χ3n) is 4.54. The number of piperidine rings is 1. The molecule has 0 radical (unpaired) electrons. The van der Waals surface area contributed by atoms with Gasteiger partial charge in [0.1, 0.15) is 11.5 Å². The average molecular weight is 332 g/mol. The van der Waals surface area contributed by atoms with Crippen LogP contribution in [0.4, 0.5) is 11.6 Å². The summed E-state index contributed by atoms with van der Waals surface area (Å²) in [6.45, 7) is 5.79. The quantitative estimate of drug-likeness (QED) is 0.884. The van der Waals surface area contributed by atoms with Gasteiger partial charge in [0.05, 0.1) is 6.20 Å². The van der Waals surface area contributed by atoms with Gasteiger partial charge in [0.2, 0.25) is 0 Å². The second-order valence-electron chi connectivity index (χ2n) is 6.52. The highest BCUT2D eigenvalue weighted by molar-refractivity contribution is 6.31. The zero-order valence-corrected chi connectivity index (χ0v) is 14.3. The SMILES string of the molecule is Cc1c(Cl)cccc1-c1ncc(N2CCC(C)(N)CC2)nc1N. The van der Waals surface area contributed by atoms with E-state index < -0.39 is 0 Å². The largest absolute Gasteiger partial charge is 0.382 e. The Labute approximate surface area is 141 Å². The molecule has 0 saturated carbocycles. The molecule has 1 aromatic carbocycles. The van der Waals surface area contributed by atoms with Crippen LogP contribution in [0, 0.1) is 6.92 Å². The Balaban J connectivity index is 1.88. The Kier molecular flexibility index (Phi) is 4.17. The highest BCUT2D eigenvalue weighted by atomic mass is 35.5. The molecule has 0 spiro atoms. The summed E-state index contributed by atoms with van der Waals surface area (Å²) in [5.41, 5.74) is 14.8. The number of halogens is 1. The molecule has 2 heterocycles. The minimum absolute atomic E-state index is 0.0900. The van der Waals surface area contributed by atoms with Crippen molar-refractivity contribution in [1.29, 1.82) is 0 Å². The Hall–Kier alpha value is -1.85. The van der Waals surface area contributed by atoms with Crippen molar-refractivity contribution in [1.82, 2.24) is 9.97 Å². The molecule has 2 aromatic rings. The van der Waals surface area contributed by atoms with Crippen molar-refractivity contribution in [2.24, 2.45) is 5.73 Å². The zero-order valence-electron chi connectivity index (χ0n) is 13.5. The van der Waals surface area contributed by atoms with Gasteiger partial charge in [-0.1, -0.05) is 23.7 Å². The fraction of sp³-hybridized carbons (Fsp3) is 0.412. The topological polar surface area (TPSA) is 81.1 Å². The number of benzene rings is 1. The molecule has 5 nitrogen and oxygen atoms in total. The Morgan fingerprint density at radius 2 is 1.96 bits per heavy atom. The molecule has 3 rings (SSSR count). The van der Waals surface area contributed by atoms with Gasteiger partial charge in [0.15, 0.2) is 5.82 Å². The van der Waals surface area contributed by atoms with Crippen molar-refractivity contribution >= 4 is 23.2 Å². The van der Waals surface area contributed by atoms with E-state index in [0.717, 1.165) is 42.9 Å².